The Labute approximate surface area is 156 Å². The molecule has 4 rings (SSSR count). The quantitative estimate of drug-likeness (QED) is 0.786. The summed E-state index contributed by atoms with van der Waals surface area (Å²) in [5.41, 5.74) is 0.454. The fourth-order valence-electron chi connectivity index (χ4n) is 4.31. The maximum atomic E-state index is 13.6. The molecule has 1 saturated carbocycles. The largest absolute Gasteiger partial charge is 0.505 e. The fourth-order valence-corrected chi connectivity index (χ4v) is 4.31. The first-order valence-corrected chi connectivity index (χ1v) is 9.15. The van der Waals surface area contributed by atoms with E-state index in [9.17, 15) is 19.0 Å². The van der Waals surface area contributed by atoms with Crippen LogP contribution < -0.4 is 4.74 Å². The highest BCUT2D eigenvalue weighted by atomic mass is 19.1. The number of β-amino-alcohol motifs (C(OH)–C–C–N with tert-alkyl or cyclic N) is 1. The minimum Gasteiger partial charge on any atom is -0.505 e. The summed E-state index contributed by atoms with van der Waals surface area (Å²) in [6, 6.07) is 7.21. The number of aromatic hydroxyl groups is 1. The second-order valence-corrected chi connectivity index (χ2v) is 7.47. The molecule has 1 aromatic carbocycles. The molecule has 0 radical (unpaired) electrons. The molecule has 4 atom stereocenters. The third kappa shape index (κ3) is 3.89. The average molecular weight is 376 g/mol. The van der Waals surface area contributed by atoms with E-state index in [1.165, 1.54) is 24.4 Å². The van der Waals surface area contributed by atoms with Gasteiger partial charge in [0.15, 0.2) is 17.3 Å². The Morgan fingerprint density at radius 3 is 2.59 bits per heavy atom. The summed E-state index contributed by atoms with van der Waals surface area (Å²) >= 11 is 0. The fraction of sp³-hybridized carbons (Fsp3) is 0.450. The Bertz CT molecular complexity index is 806. The maximum absolute atomic E-state index is 13.6. The zero-order valence-electron chi connectivity index (χ0n) is 14.8. The summed E-state index contributed by atoms with van der Waals surface area (Å²) in [7, 11) is 0. The smallest absolute Gasteiger partial charge is 0.255 e. The van der Waals surface area contributed by atoms with Crippen molar-refractivity contribution < 1.29 is 23.7 Å². The molecule has 2 fully saturated rings. The molecular formula is C20H22F2N2O3. The van der Waals surface area contributed by atoms with E-state index < -0.39 is 23.6 Å². The number of phenols is 1. The van der Waals surface area contributed by atoms with Crippen LogP contribution in [0.15, 0.2) is 36.5 Å². The van der Waals surface area contributed by atoms with E-state index in [-0.39, 0.29) is 11.9 Å². The SMILES string of the molecule is Oc1ccc(C(O)CN2C[C@H]3CC(Oc4cccnc4F)C[C@H]3C2)cc1F. The van der Waals surface area contributed by atoms with Gasteiger partial charge in [0.25, 0.3) is 5.95 Å². The Kier molecular flexibility index (Phi) is 4.97. The molecule has 0 spiro atoms. The summed E-state index contributed by atoms with van der Waals surface area (Å²) in [5.74, 6) is -0.647. The zero-order valence-corrected chi connectivity index (χ0v) is 14.8. The Morgan fingerprint density at radius 1 is 1.19 bits per heavy atom. The predicted octanol–water partition coefficient (Wildman–Crippen LogP) is 2.89. The van der Waals surface area contributed by atoms with E-state index in [4.69, 9.17) is 4.74 Å². The molecule has 1 aliphatic carbocycles. The van der Waals surface area contributed by atoms with Crippen molar-refractivity contribution in [3.63, 3.8) is 0 Å². The predicted molar refractivity (Wildman–Crippen MR) is 94.3 cm³/mol. The van der Waals surface area contributed by atoms with Crippen molar-refractivity contribution in [1.29, 1.82) is 0 Å². The lowest BCUT2D eigenvalue weighted by molar-refractivity contribution is 0.115. The molecule has 2 aliphatic rings. The van der Waals surface area contributed by atoms with Gasteiger partial charge in [-0.2, -0.15) is 4.39 Å². The second-order valence-electron chi connectivity index (χ2n) is 7.47. The molecule has 5 nitrogen and oxygen atoms in total. The number of fused-ring (bicyclic) bond motifs is 1. The van der Waals surface area contributed by atoms with Crippen LogP contribution in [-0.2, 0) is 0 Å². The number of hydrogen-bond acceptors (Lipinski definition) is 5. The molecule has 144 valence electrons. The van der Waals surface area contributed by atoms with Gasteiger partial charge >= 0.3 is 0 Å². The summed E-state index contributed by atoms with van der Waals surface area (Å²) < 4.78 is 32.9. The van der Waals surface area contributed by atoms with Gasteiger partial charge in [-0.25, -0.2) is 9.37 Å². The maximum Gasteiger partial charge on any atom is 0.255 e. The highest BCUT2D eigenvalue weighted by Gasteiger charge is 2.42. The van der Waals surface area contributed by atoms with Gasteiger partial charge in [0.2, 0.25) is 0 Å². The third-order valence-electron chi connectivity index (χ3n) is 5.59. The molecule has 0 bridgehead atoms. The molecule has 1 aromatic heterocycles. The van der Waals surface area contributed by atoms with Crippen LogP contribution in [0.25, 0.3) is 0 Å². The first-order valence-electron chi connectivity index (χ1n) is 9.15. The summed E-state index contributed by atoms with van der Waals surface area (Å²) in [4.78, 5) is 5.78. The number of benzene rings is 1. The van der Waals surface area contributed by atoms with Crippen LogP contribution in [0.4, 0.5) is 8.78 Å². The Morgan fingerprint density at radius 2 is 1.93 bits per heavy atom. The van der Waals surface area contributed by atoms with Crippen molar-refractivity contribution in [2.45, 2.75) is 25.0 Å². The standard InChI is InChI=1S/C20H22F2N2O3/c21-16-8-12(3-4-17(16)25)18(26)11-24-9-13-6-15(7-14(13)10-24)27-19-2-1-5-23-20(19)22/h1-5,8,13-15,18,25-26H,6-7,9-11H2/t13-,14+,15?,18?. The normalized spacial score (nSPS) is 26.1. The molecule has 7 heteroatoms. The second kappa shape index (κ2) is 7.40. The molecule has 2 aromatic rings. The number of aromatic nitrogens is 1. The van der Waals surface area contributed by atoms with Gasteiger partial charge in [-0.3, -0.25) is 4.90 Å². The van der Waals surface area contributed by atoms with Crippen LogP contribution in [0.2, 0.25) is 0 Å². The number of aliphatic hydroxyl groups excluding tert-OH is 1. The van der Waals surface area contributed by atoms with Crippen LogP contribution in [0.5, 0.6) is 11.5 Å². The van der Waals surface area contributed by atoms with Crippen molar-refractivity contribution in [1.82, 2.24) is 9.88 Å². The van der Waals surface area contributed by atoms with Crippen LogP contribution in [-0.4, -0.2) is 45.8 Å². The van der Waals surface area contributed by atoms with Gasteiger partial charge in [0, 0.05) is 25.8 Å². The number of phenolic OH excluding ortho intramolecular Hbond substituents is 1. The van der Waals surface area contributed by atoms with Gasteiger partial charge in [-0.05, 0) is 54.5 Å². The van der Waals surface area contributed by atoms with Gasteiger partial charge in [0.05, 0.1) is 12.2 Å². The number of ether oxygens (including phenoxy) is 1. The lowest BCUT2D eigenvalue weighted by Crippen LogP contribution is -2.29. The van der Waals surface area contributed by atoms with Gasteiger partial charge < -0.3 is 14.9 Å². The van der Waals surface area contributed by atoms with E-state index in [0.29, 0.717) is 23.9 Å². The van der Waals surface area contributed by atoms with E-state index >= 15 is 0 Å². The number of nitrogens with zero attached hydrogens (tertiary/aromatic N) is 2. The van der Waals surface area contributed by atoms with Crippen LogP contribution in [0, 0.1) is 23.6 Å². The molecular weight excluding hydrogens is 354 g/mol. The third-order valence-corrected chi connectivity index (χ3v) is 5.59. The van der Waals surface area contributed by atoms with E-state index in [1.54, 1.807) is 12.1 Å². The zero-order chi connectivity index (χ0) is 19.0. The first kappa shape index (κ1) is 18.1. The van der Waals surface area contributed by atoms with E-state index in [0.717, 1.165) is 25.9 Å². The molecule has 2 unspecified atom stereocenters. The summed E-state index contributed by atoms with van der Waals surface area (Å²) in [6.45, 7) is 2.08. The highest BCUT2D eigenvalue weighted by molar-refractivity contribution is 5.29. The minimum absolute atomic E-state index is 0.0167. The molecule has 1 aliphatic heterocycles. The van der Waals surface area contributed by atoms with Crippen molar-refractivity contribution in [2.24, 2.45) is 11.8 Å². The molecule has 27 heavy (non-hydrogen) atoms. The van der Waals surface area contributed by atoms with Crippen molar-refractivity contribution >= 4 is 0 Å². The van der Waals surface area contributed by atoms with Gasteiger partial charge in [-0.15, -0.1) is 0 Å². The average Bonchev–Trinajstić information content (AvgIpc) is 3.17. The van der Waals surface area contributed by atoms with Crippen molar-refractivity contribution in [3.8, 4) is 11.5 Å². The van der Waals surface area contributed by atoms with Gasteiger partial charge in [0.1, 0.15) is 0 Å². The Balaban J connectivity index is 1.30. The van der Waals surface area contributed by atoms with E-state index in [1.807, 2.05) is 0 Å². The van der Waals surface area contributed by atoms with Crippen molar-refractivity contribution in [2.75, 3.05) is 19.6 Å². The monoisotopic (exact) mass is 376 g/mol. The van der Waals surface area contributed by atoms with Crippen molar-refractivity contribution in [3.05, 3.63) is 53.9 Å². The van der Waals surface area contributed by atoms with Crippen LogP contribution >= 0.6 is 0 Å². The highest BCUT2D eigenvalue weighted by Crippen LogP contribution is 2.40. The number of likely N-dealkylation sites (tertiary alicyclic amines) is 1. The Hall–Kier alpha value is -2.25. The first-order chi connectivity index (χ1) is 13.0. The molecule has 2 N–H and O–H groups in total. The molecule has 0 amide bonds. The van der Waals surface area contributed by atoms with Crippen LogP contribution in [0.3, 0.4) is 0 Å². The summed E-state index contributed by atoms with van der Waals surface area (Å²) in [6.07, 6.45) is 2.26. The van der Waals surface area contributed by atoms with Crippen LogP contribution in [0.1, 0.15) is 24.5 Å². The molecule has 2 heterocycles. The lowest BCUT2D eigenvalue weighted by atomic mass is 10.0. The lowest BCUT2D eigenvalue weighted by Gasteiger charge is -2.22. The number of pyridine rings is 1. The minimum atomic E-state index is -0.810. The number of hydrogen-bond donors (Lipinski definition) is 2. The number of halogens is 2. The topological polar surface area (TPSA) is 65.8 Å². The number of rotatable bonds is 5. The molecule has 1 saturated heterocycles. The summed E-state index contributed by atoms with van der Waals surface area (Å²) in [5, 5.41) is 19.6. The van der Waals surface area contributed by atoms with Gasteiger partial charge in [-0.1, -0.05) is 6.07 Å². The van der Waals surface area contributed by atoms with E-state index in [2.05, 4.69) is 9.88 Å². The number of aliphatic hydroxyl groups is 1.